The maximum absolute atomic E-state index is 5.25. The van der Waals surface area contributed by atoms with Crippen LogP contribution in [0.5, 0.6) is 0 Å². The molecule has 0 heterocycles. The van der Waals surface area contributed by atoms with E-state index in [0.29, 0.717) is 0 Å². The fraction of sp³-hybridized carbons (Fsp3) is 0.250. The van der Waals surface area contributed by atoms with Crippen molar-refractivity contribution in [2.24, 2.45) is 11.5 Å². The molecule has 0 rings (SSSR count). The fourth-order valence-electron chi connectivity index (χ4n) is 0. The summed E-state index contributed by atoms with van der Waals surface area (Å²) in [6, 6.07) is -0.213. The monoisotopic (exact) mass is 338 g/mol. The molecule has 5 N–H and O–H groups in total. The minimum atomic E-state index is -0.213. The number of hydrogen-bond donors (Lipinski definition) is 3. The molecule has 1 radical (unpaired) electrons. The van der Waals surface area contributed by atoms with Crippen molar-refractivity contribution in [2.45, 2.75) is 6.04 Å². The summed E-state index contributed by atoms with van der Waals surface area (Å²) in [5.74, 6) is 0. The van der Waals surface area contributed by atoms with Crippen molar-refractivity contribution in [3.8, 4) is 0 Å². The third-order valence-corrected chi connectivity index (χ3v) is 0.247. The van der Waals surface area contributed by atoms with E-state index >= 15 is 0 Å². The largest absolute Gasteiger partial charge is 3.00 e. The molecule has 0 amide bonds. The van der Waals surface area contributed by atoms with Crippen LogP contribution < -0.4 is 11.5 Å². The Morgan fingerprint density at radius 1 is 1.62 bits per heavy atom. The normalized spacial score (nSPS) is 9.88. The van der Waals surface area contributed by atoms with Gasteiger partial charge in [0.05, 0.1) is 0 Å². The zero-order valence-electron chi connectivity index (χ0n) is 4.59. The molecule has 0 bridgehead atoms. The van der Waals surface area contributed by atoms with Crippen molar-refractivity contribution in [2.75, 3.05) is 0 Å². The average molecular weight is 338 g/mol. The molecular formula is C4H10N3U. The van der Waals surface area contributed by atoms with Gasteiger partial charge in [0.1, 0.15) is 0 Å². The third kappa shape index (κ3) is 30.3. The van der Waals surface area contributed by atoms with E-state index in [4.69, 9.17) is 16.9 Å². The summed E-state index contributed by atoms with van der Waals surface area (Å²) < 4.78 is 0. The zero-order chi connectivity index (χ0) is 6.28. The van der Waals surface area contributed by atoms with E-state index < -0.39 is 0 Å². The summed E-state index contributed by atoms with van der Waals surface area (Å²) >= 11 is 0. The summed E-state index contributed by atoms with van der Waals surface area (Å²) in [4.78, 5) is 0. The standard InChI is InChI=1S/C3H8N2.CH2N.U/c1-3(5)2-4;1-2;/h2-3H,1,4-5H2;1-2H;/q-2;-1;+3. The molecule has 0 aliphatic carbocycles. The van der Waals surface area contributed by atoms with Crippen LogP contribution in [-0.2, 0) is 0 Å². The molecule has 0 saturated heterocycles. The Hall–Kier alpha value is 0.642. The predicted molar refractivity (Wildman–Crippen MR) is 30.6 cm³/mol. The van der Waals surface area contributed by atoms with Gasteiger partial charge in [-0.05, 0) is 0 Å². The molecule has 0 aromatic rings. The molecule has 0 aromatic carbocycles. The van der Waals surface area contributed by atoms with Gasteiger partial charge in [0.2, 0.25) is 0 Å². The van der Waals surface area contributed by atoms with Crippen molar-refractivity contribution >= 4 is 6.72 Å². The van der Waals surface area contributed by atoms with E-state index in [9.17, 15) is 0 Å². The number of rotatable bonds is 1. The minimum absolute atomic E-state index is 0. The second-order valence-corrected chi connectivity index (χ2v) is 0.856. The maximum atomic E-state index is 5.25. The van der Waals surface area contributed by atoms with Gasteiger partial charge in [-0.1, -0.05) is 0 Å². The Morgan fingerprint density at radius 2 is 1.75 bits per heavy atom. The first-order chi connectivity index (χ1) is 3.27. The number of nitrogens with one attached hydrogen (secondary N) is 1. The van der Waals surface area contributed by atoms with Gasteiger partial charge in [0.25, 0.3) is 0 Å². The van der Waals surface area contributed by atoms with E-state index in [2.05, 4.69) is 13.6 Å². The quantitative estimate of drug-likeness (QED) is 0.442. The summed E-state index contributed by atoms with van der Waals surface area (Å²) in [5, 5.41) is 5.25. The van der Waals surface area contributed by atoms with Crippen molar-refractivity contribution in [3.05, 3.63) is 13.5 Å². The molecule has 1 atom stereocenters. The first-order valence-corrected chi connectivity index (χ1v) is 1.70. The van der Waals surface area contributed by atoms with Crippen LogP contribution in [0.15, 0.2) is 0 Å². The number of nitrogens with two attached hydrogens (primary N) is 2. The number of hydrogen-bond acceptors (Lipinski definition) is 3. The summed E-state index contributed by atoms with van der Waals surface area (Å²) in [6.07, 6.45) is 0. The molecule has 3 nitrogen and oxygen atoms in total. The molecule has 0 aliphatic rings. The second-order valence-electron chi connectivity index (χ2n) is 0.856. The Balaban J connectivity index is -0.0000000750. The maximum Gasteiger partial charge on any atom is 3.00 e. The molecule has 1 unspecified atom stereocenters. The first kappa shape index (κ1) is 15.9. The van der Waals surface area contributed by atoms with Crippen molar-refractivity contribution in [1.29, 1.82) is 5.41 Å². The summed E-state index contributed by atoms with van der Waals surface area (Å²) in [7, 11) is 0. The topological polar surface area (TPSA) is 75.9 Å². The molecule has 0 aromatic heterocycles. The molecule has 0 saturated carbocycles. The Bertz CT molecular complexity index is 32.5. The van der Waals surface area contributed by atoms with Crippen LogP contribution >= 0.6 is 0 Å². The average Bonchev–Trinajstić information content (AvgIpc) is 1.73. The van der Waals surface area contributed by atoms with E-state index in [-0.39, 0.29) is 37.2 Å². The first-order valence-electron chi connectivity index (χ1n) is 1.70. The van der Waals surface area contributed by atoms with Crippen LogP contribution in [0.2, 0.25) is 0 Å². The van der Waals surface area contributed by atoms with Gasteiger partial charge in [-0.25, -0.2) is 6.04 Å². The van der Waals surface area contributed by atoms with Crippen LogP contribution in [0.3, 0.4) is 0 Å². The van der Waals surface area contributed by atoms with E-state index in [1.807, 2.05) is 0 Å². The Morgan fingerprint density at radius 3 is 1.75 bits per heavy atom. The zero-order valence-corrected chi connectivity index (χ0v) is 8.76. The predicted octanol–water partition coefficient (Wildman–Crippen LogP) is -0.589. The fourth-order valence-corrected chi connectivity index (χ4v) is 0. The summed E-state index contributed by atoms with van der Waals surface area (Å²) in [5.41, 5.74) is 9.86. The van der Waals surface area contributed by atoms with Crippen LogP contribution in [-0.4, -0.2) is 12.8 Å². The van der Waals surface area contributed by atoms with Crippen LogP contribution in [0.25, 0.3) is 0 Å². The third-order valence-electron chi connectivity index (χ3n) is 0.247. The smallest absolute Gasteiger partial charge is 0.522 e. The van der Waals surface area contributed by atoms with Crippen LogP contribution in [0, 0.1) is 50.0 Å². The van der Waals surface area contributed by atoms with Gasteiger partial charge in [-0.2, -0.15) is 0 Å². The van der Waals surface area contributed by atoms with Gasteiger partial charge < -0.3 is 30.5 Å². The van der Waals surface area contributed by atoms with Gasteiger partial charge in [0.15, 0.2) is 0 Å². The van der Waals surface area contributed by atoms with E-state index in [1.54, 1.807) is 0 Å². The molecule has 0 aliphatic heterocycles. The molecule has 0 fully saturated rings. The van der Waals surface area contributed by atoms with Gasteiger partial charge in [-0.3, -0.25) is 6.54 Å². The SMILES string of the molecule is [CH-]=N.[CH2-]C(N)[CH-]N.[U+3]. The molecule has 45 valence electrons. The minimum Gasteiger partial charge on any atom is -0.522 e. The van der Waals surface area contributed by atoms with E-state index in [0.717, 1.165) is 0 Å². The van der Waals surface area contributed by atoms with Crippen molar-refractivity contribution in [1.82, 2.24) is 0 Å². The molecule has 8 heavy (non-hydrogen) atoms. The van der Waals surface area contributed by atoms with Gasteiger partial charge in [-0.15, -0.1) is 0 Å². The summed E-state index contributed by atoms with van der Waals surface area (Å²) in [6.45, 7) is 8.44. The van der Waals surface area contributed by atoms with Crippen molar-refractivity contribution in [3.63, 3.8) is 0 Å². The molecule has 0 spiro atoms. The molecular weight excluding hydrogens is 328 g/mol. The van der Waals surface area contributed by atoms with Crippen LogP contribution in [0.4, 0.5) is 0 Å². The second kappa shape index (κ2) is 15.6. The van der Waals surface area contributed by atoms with Crippen molar-refractivity contribution < 1.29 is 31.1 Å². The Labute approximate surface area is 74.1 Å². The molecule has 4 heteroatoms. The van der Waals surface area contributed by atoms with Gasteiger partial charge >= 0.3 is 31.1 Å². The van der Waals surface area contributed by atoms with Gasteiger partial charge in [0, 0.05) is 0 Å². The van der Waals surface area contributed by atoms with Crippen LogP contribution in [0.1, 0.15) is 0 Å². The van der Waals surface area contributed by atoms with E-state index in [1.165, 1.54) is 6.54 Å². The Kier molecular flexibility index (Phi) is 31.0.